The summed E-state index contributed by atoms with van der Waals surface area (Å²) >= 11 is 0. The zero-order valence-electron chi connectivity index (χ0n) is 21.6. The highest BCUT2D eigenvalue weighted by atomic mass is 16.5. The van der Waals surface area contributed by atoms with E-state index in [1.807, 2.05) is 30.3 Å². The topological polar surface area (TPSA) is 102 Å². The molecule has 4 heterocycles. The molecule has 1 N–H and O–H groups in total. The van der Waals surface area contributed by atoms with E-state index in [4.69, 9.17) is 19.3 Å². The largest absolute Gasteiger partial charge is 0.487 e. The number of aromatic nitrogens is 3. The van der Waals surface area contributed by atoms with Crippen molar-refractivity contribution < 1.29 is 24.1 Å². The van der Waals surface area contributed by atoms with Crippen molar-refractivity contribution in [1.82, 2.24) is 24.6 Å². The molecule has 1 aliphatic carbocycles. The van der Waals surface area contributed by atoms with Gasteiger partial charge in [0, 0.05) is 51.3 Å². The van der Waals surface area contributed by atoms with Crippen molar-refractivity contribution in [1.29, 1.82) is 0 Å². The van der Waals surface area contributed by atoms with E-state index < -0.39 is 5.97 Å². The SMILES string of the molecule is O=C(O)c1cc(OC(CN2CCOCC2)CN2CCOCC2)c2c(C3CCC3)nn(-c3ccccc3)c2n1. The Morgan fingerprint density at radius 3 is 2.18 bits per heavy atom. The number of fused-ring (bicyclic) bond motifs is 1. The predicted molar refractivity (Wildman–Crippen MR) is 141 cm³/mol. The molecule has 3 aromatic rings. The van der Waals surface area contributed by atoms with Crippen molar-refractivity contribution in [2.75, 3.05) is 65.7 Å². The fourth-order valence-electron chi connectivity index (χ4n) is 5.48. The minimum atomic E-state index is -1.08. The third kappa shape index (κ3) is 5.40. The van der Waals surface area contributed by atoms with Crippen LogP contribution in [-0.4, -0.2) is 107 Å². The maximum absolute atomic E-state index is 12.2. The number of hydrogen-bond donors (Lipinski definition) is 1. The maximum Gasteiger partial charge on any atom is 0.354 e. The number of benzene rings is 1. The summed E-state index contributed by atoms with van der Waals surface area (Å²) in [5.41, 5.74) is 2.29. The molecule has 10 nitrogen and oxygen atoms in total. The molecule has 202 valence electrons. The van der Waals surface area contributed by atoms with Gasteiger partial charge < -0.3 is 19.3 Å². The van der Waals surface area contributed by atoms with E-state index in [9.17, 15) is 9.90 Å². The molecule has 0 unspecified atom stereocenters. The van der Waals surface area contributed by atoms with E-state index in [1.54, 1.807) is 10.7 Å². The normalized spacial score (nSPS) is 19.6. The minimum absolute atomic E-state index is 0.0405. The van der Waals surface area contributed by atoms with Crippen LogP contribution in [0.5, 0.6) is 5.75 Å². The Kier molecular flexibility index (Phi) is 7.55. The predicted octanol–water partition coefficient (Wildman–Crippen LogP) is 2.80. The third-order valence-electron chi connectivity index (χ3n) is 7.77. The van der Waals surface area contributed by atoms with Gasteiger partial charge in [0.2, 0.25) is 0 Å². The van der Waals surface area contributed by atoms with E-state index in [2.05, 4.69) is 14.8 Å². The molecule has 1 saturated carbocycles. The van der Waals surface area contributed by atoms with Gasteiger partial charge in [0.25, 0.3) is 0 Å². The van der Waals surface area contributed by atoms with Crippen molar-refractivity contribution in [2.45, 2.75) is 31.3 Å². The number of rotatable bonds is 9. The molecule has 3 fully saturated rings. The van der Waals surface area contributed by atoms with Crippen LogP contribution in [0.1, 0.15) is 41.4 Å². The molecule has 6 rings (SSSR count). The molecule has 0 spiro atoms. The monoisotopic (exact) mass is 521 g/mol. The molecular weight excluding hydrogens is 486 g/mol. The molecule has 1 aromatic carbocycles. The highest BCUT2D eigenvalue weighted by Crippen LogP contribution is 2.42. The first-order chi connectivity index (χ1) is 18.7. The summed E-state index contributed by atoms with van der Waals surface area (Å²) in [5, 5.41) is 15.8. The number of pyridine rings is 1. The fourth-order valence-corrected chi connectivity index (χ4v) is 5.48. The lowest BCUT2D eigenvalue weighted by molar-refractivity contribution is -0.00489. The second-order valence-corrected chi connectivity index (χ2v) is 10.3. The van der Waals surface area contributed by atoms with Gasteiger partial charge in [-0.25, -0.2) is 14.5 Å². The van der Waals surface area contributed by atoms with Crippen LogP contribution in [0.25, 0.3) is 16.7 Å². The van der Waals surface area contributed by atoms with Gasteiger partial charge in [-0.1, -0.05) is 24.6 Å². The molecule has 0 radical (unpaired) electrons. The lowest BCUT2D eigenvalue weighted by atomic mass is 9.82. The molecular formula is C28H35N5O5. The second-order valence-electron chi connectivity index (χ2n) is 10.3. The van der Waals surface area contributed by atoms with Crippen molar-refractivity contribution >= 4 is 17.0 Å². The third-order valence-corrected chi connectivity index (χ3v) is 7.77. The Balaban J connectivity index is 1.42. The zero-order valence-corrected chi connectivity index (χ0v) is 21.6. The molecule has 2 aliphatic heterocycles. The number of carbonyl (C=O) groups is 1. The number of para-hydroxylation sites is 1. The molecule has 3 aliphatic rings. The Labute approximate surface area is 222 Å². The van der Waals surface area contributed by atoms with Gasteiger partial charge in [-0.2, -0.15) is 5.10 Å². The number of carboxylic acids is 1. The number of hydrogen-bond acceptors (Lipinski definition) is 8. The highest BCUT2D eigenvalue weighted by Gasteiger charge is 2.31. The maximum atomic E-state index is 12.2. The molecule has 38 heavy (non-hydrogen) atoms. The summed E-state index contributed by atoms with van der Waals surface area (Å²) in [7, 11) is 0. The van der Waals surface area contributed by atoms with Crippen molar-refractivity contribution in [3.8, 4) is 11.4 Å². The van der Waals surface area contributed by atoms with Gasteiger partial charge in [0.15, 0.2) is 11.3 Å². The van der Waals surface area contributed by atoms with Crippen LogP contribution >= 0.6 is 0 Å². The van der Waals surface area contributed by atoms with Gasteiger partial charge >= 0.3 is 5.97 Å². The molecule has 0 atom stereocenters. The first kappa shape index (κ1) is 25.2. The minimum Gasteiger partial charge on any atom is -0.487 e. The average molecular weight is 522 g/mol. The van der Waals surface area contributed by atoms with E-state index in [1.165, 1.54) is 0 Å². The van der Waals surface area contributed by atoms with Crippen LogP contribution in [0.2, 0.25) is 0 Å². The summed E-state index contributed by atoms with van der Waals surface area (Å²) in [6.45, 7) is 7.74. The van der Waals surface area contributed by atoms with Gasteiger partial charge in [0.1, 0.15) is 11.9 Å². The Morgan fingerprint density at radius 2 is 1.63 bits per heavy atom. The van der Waals surface area contributed by atoms with Crippen molar-refractivity contribution in [3.05, 3.63) is 47.8 Å². The number of ether oxygens (including phenoxy) is 3. The standard InChI is InChI=1S/C28H35N5O5/c34-28(35)23-17-24(38-22(18-31-9-13-36-14-10-31)19-32-11-15-37-16-12-32)25-26(20-5-4-6-20)30-33(27(25)29-23)21-7-2-1-3-8-21/h1-3,7-8,17,20,22H,4-6,9-16,18-19H2,(H,34,35). The first-order valence-electron chi connectivity index (χ1n) is 13.6. The fraction of sp³-hybridized carbons (Fsp3) is 0.536. The molecule has 2 saturated heterocycles. The van der Waals surface area contributed by atoms with Crippen molar-refractivity contribution in [3.63, 3.8) is 0 Å². The summed E-state index contributed by atoms with van der Waals surface area (Å²) in [4.78, 5) is 21.5. The summed E-state index contributed by atoms with van der Waals surface area (Å²) < 4.78 is 19.7. The lowest BCUT2D eigenvalue weighted by Crippen LogP contribution is -2.49. The molecule has 0 amide bonds. The van der Waals surface area contributed by atoms with E-state index >= 15 is 0 Å². The van der Waals surface area contributed by atoms with E-state index in [0.29, 0.717) is 43.7 Å². The zero-order chi connectivity index (χ0) is 25.9. The Bertz CT molecular complexity index is 1230. The van der Waals surface area contributed by atoms with E-state index in [-0.39, 0.29) is 11.8 Å². The van der Waals surface area contributed by atoms with Crippen LogP contribution < -0.4 is 4.74 Å². The smallest absolute Gasteiger partial charge is 0.354 e. The molecule has 10 heteroatoms. The number of nitrogens with zero attached hydrogens (tertiary/aromatic N) is 5. The Hall–Kier alpha value is -3.05. The van der Waals surface area contributed by atoms with Crippen LogP contribution in [0.15, 0.2) is 36.4 Å². The second kappa shape index (κ2) is 11.4. The average Bonchev–Trinajstić information content (AvgIpc) is 3.28. The summed E-state index contributed by atoms with van der Waals surface area (Å²) in [5.74, 6) is -0.206. The lowest BCUT2D eigenvalue weighted by Gasteiger charge is -2.35. The quantitative estimate of drug-likeness (QED) is 0.455. The number of aromatic carboxylic acids is 1. The molecule has 2 aromatic heterocycles. The van der Waals surface area contributed by atoms with Crippen LogP contribution in [0.3, 0.4) is 0 Å². The van der Waals surface area contributed by atoms with Crippen molar-refractivity contribution in [2.24, 2.45) is 0 Å². The van der Waals surface area contributed by atoms with Crippen LogP contribution in [0.4, 0.5) is 0 Å². The first-order valence-corrected chi connectivity index (χ1v) is 13.6. The van der Waals surface area contributed by atoms with Gasteiger partial charge in [-0.05, 0) is 25.0 Å². The number of carboxylic acid groups (broad SMARTS) is 1. The summed E-state index contributed by atoms with van der Waals surface area (Å²) in [6, 6.07) is 11.4. The molecule has 0 bridgehead atoms. The van der Waals surface area contributed by atoms with Gasteiger partial charge in [-0.3, -0.25) is 9.80 Å². The number of morpholine rings is 2. The van der Waals surface area contributed by atoms with Crippen LogP contribution in [-0.2, 0) is 9.47 Å². The van der Waals surface area contributed by atoms with Gasteiger partial charge in [-0.15, -0.1) is 0 Å². The van der Waals surface area contributed by atoms with E-state index in [0.717, 1.165) is 75.3 Å². The summed E-state index contributed by atoms with van der Waals surface area (Å²) in [6.07, 6.45) is 3.13. The van der Waals surface area contributed by atoms with Crippen LogP contribution in [0, 0.1) is 0 Å². The van der Waals surface area contributed by atoms with Gasteiger partial charge in [0.05, 0.1) is 43.2 Å². The Morgan fingerprint density at radius 1 is 1.00 bits per heavy atom. The highest BCUT2D eigenvalue weighted by molar-refractivity contribution is 5.94.